The van der Waals surface area contributed by atoms with Gasteiger partial charge in [-0.2, -0.15) is 0 Å². The van der Waals surface area contributed by atoms with Crippen LogP contribution >= 0.6 is 11.8 Å². The Balaban J connectivity index is 1.44. The second kappa shape index (κ2) is 11.9. The van der Waals surface area contributed by atoms with Gasteiger partial charge in [0.25, 0.3) is 0 Å². The van der Waals surface area contributed by atoms with Crippen LogP contribution < -0.4 is 5.32 Å². The highest BCUT2D eigenvalue weighted by Gasteiger charge is 2.27. The van der Waals surface area contributed by atoms with Gasteiger partial charge in [0.2, 0.25) is 11.8 Å². The average molecular weight is 444 g/mol. The summed E-state index contributed by atoms with van der Waals surface area (Å²) in [5.41, 5.74) is 1.17. The van der Waals surface area contributed by atoms with E-state index < -0.39 is 0 Å². The Kier molecular flexibility index (Phi) is 8.94. The summed E-state index contributed by atoms with van der Waals surface area (Å²) in [5.74, 6) is 1.43. The first-order chi connectivity index (χ1) is 15.1. The minimum atomic E-state index is 0.0231. The van der Waals surface area contributed by atoms with E-state index >= 15 is 0 Å². The molecule has 0 spiro atoms. The predicted molar refractivity (Wildman–Crippen MR) is 123 cm³/mol. The summed E-state index contributed by atoms with van der Waals surface area (Å²) in [4.78, 5) is 26.9. The molecule has 0 atom stereocenters. The van der Waals surface area contributed by atoms with Crippen LogP contribution in [0.15, 0.2) is 35.5 Å². The number of aromatic nitrogens is 3. The molecule has 2 heterocycles. The van der Waals surface area contributed by atoms with Crippen LogP contribution in [0.4, 0.5) is 0 Å². The first-order valence-electron chi connectivity index (χ1n) is 11.2. The van der Waals surface area contributed by atoms with Gasteiger partial charge in [0.05, 0.1) is 12.3 Å². The van der Waals surface area contributed by atoms with Crippen molar-refractivity contribution >= 4 is 23.6 Å². The second-order valence-corrected chi connectivity index (χ2v) is 8.99. The monoisotopic (exact) mass is 443 g/mol. The standard InChI is InChI=1S/C23H33N5O2S/c1-3-4-8-13-24-22(30)20-11-14-27(15-12-20)21(29)17-31-23-26-25-18(2)28(23)16-19-9-6-5-7-10-19/h5-7,9-10,20H,3-4,8,11-17H2,1-2H3,(H,24,30). The number of benzene rings is 1. The van der Waals surface area contributed by atoms with Crippen molar-refractivity contribution in [3.8, 4) is 0 Å². The number of unbranched alkanes of at least 4 members (excludes halogenated alkanes) is 2. The molecular weight excluding hydrogens is 410 g/mol. The maximum Gasteiger partial charge on any atom is 0.233 e. The lowest BCUT2D eigenvalue weighted by Gasteiger charge is -2.31. The minimum absolute atomic E-state index is 0.0231. The normalized spacial score (nSPS) is 14.6. The molecule has 0 radical (unpaired) electrons. The molecule has 0 bridgehead atoms. The van der Waals surface area contributed by atoms with Gasteiger partial charge in [-0.1, -0.05) is 61.9 Å². The summed E-state index contributed by atoms with van der Waals surface area (Å²) in [6.07, 6.45) is 4.80. The summed E-state index contributed by atoms with van der Waals surface area (Å²) in [5, 5.41) is 12.3. The molecule has 0 unspecified atom stereocenters. The van der Waals surface area contributed by atoms with Crippen LogP contribution in [0.2, 0.25) is 0 Å². The minimum Gasteiger partial charge on any atom is -0.356 e. The molecule has 0 aliphatic carbocycles. The summed E-state index contributed by atoms with van der Waals surface area (Å²) < 4.78 is 2.04. The number of carbonyl (C=O) groups excluding carboxylic acids is 2. The molecule has 1 aliphatic heterocycles. The Morgan fingerprint density at radius 3 is 2.58 bits per heavy atom. The number of piperidine rings is 1. The van der Waals surface area contributed by atoms with Crippen molar-refractivity contribution in [2.45, 2.75) is 57.7 Å². The Bertz CT molecular complexity index is 847. The maximum absolute atomic E-state index is 12.7. The van der Waals surface area contributed by atoms with Gasteiger partial charge in [-0.15, -0.1) is 10.2 Å². The fraction of sp³-hybridized carbons (Fsp3) is 0.565. The van der Waals surface area contributed by atoms with Crippen LogP contribution in [0.25, 0.3) is 0 Å². The molecule has 1 aromatic heterocycles. The van der Waals surface area contributed by atoms with Crippen molar-refractivity contribution in [1.82, 2.24) is 25.0 Å². The fourth-order valence-corrected chi connectivity index (χ4v) is 4.64. The van der Waals surface area contributed by atoms with Gasteiger partial charge in [-0.3, -0.25) is 9.59 Å². The van der Waals surface area contributed by atoms with E-state index in [-0.39, 0.29) is 17.7 Å². The second-order valence-electron chi connectivity index (χ2n) is 8.04. The maximum atomic E-state index is 12.7. The topological polar surface area (TPSA) is 80.1 Å². The van der Waals surface area contributed by atoms with Crippen LogP contribution in [0, 0.1) is 12.8 Å². The van der Waals surface area contributed by atoms with E-state index in [1.807, 2.05) is 34.6 Å². The SMILES string of the molecule is CCCCCNC(=O)C1CCN(C(=O)CSc2nnc(C)n2Cc2ccccc2)CC1. The molecule has 1 saturated heterocycles. The van der Waals surface area contributed by atoms with Gasteiger partial charge in [-0.25, -0.2) is 0 Å². The first-order valence-corrected chi connectivity index (χ1v) is 12.2. The predicted octanol–water partition coefficient (Wildman–Crippen LogP) is 3.27. The highest BCUT2D eigenvalue weighted by Crippen LogP contribution is 2.22. The highest BCUT2D eigenvalue weighted by molar-refractivity contribution is 7.99. The lowest BCUT2D eigenvalue weighted by atomic mass is 9.96. The Morgan fingerprint density at radius 1 is 1.13 bits per heavy atom. The van der Waals surface area contributed by atoms with Crippen molar-refractivity contribution in [1.29, 1.82) is 0 Å². The summed E-state index contributed by atoms with van der Waals surface area (Å²) >= 11 is 1.43. The molecule has 2 aromatic rings. The molecule has 168 valence electrons. The number of hydrogen-bond acceptors (Lipinski definition) is 5. The molecule has 1 aromatic carbocycles. The Morgan fingerprint density at radius 2 is 1.87 bits per heavy atom. The number of hydrogen-bond donors (Lipinski definition) is 1. The van der Waals surface area contributed by atoms with Crippen molar-refractivity contribution in [2.75, 3.05) is 25.4 Å². The number of carbonyl (C=O) groups is 2. The molecule has 8 heteroatoms. The van der Waals surface area contributed by atoms with Gasteiger partial charge in [0.15, 0.2) is 5.16 Å². The number of thioether (sulfide) groups is 1. The van der Waals surface area contributed by atoms with E-state index in [1.165, 1.54) is 17.3 Å². The molecule has 1 aliphatic rings. The molecule has 3 rings (SSSR count). The zero-order valence-electron chi connectivity index (χ0n) is 18.5. The number of likely N-dealkylation sites (tertiary alicyclic amines) is 1. The average Bonchev–Trinajstić information content (AvgIpc) is 3.15. The molecule has 1 N–H and O–H groups in total. The third-order valence-corrected chi connectivity index (χ3v) is 6.66. The Hall–Kier alpha value is -2.35. The molecule has 31 heavy (non-hydrogen) atoms. The van der Waals surface area contributed by atoms with E-state index in [0.717, 1.165) is 49.6 Å². The summed E-state index contributed by atoms with van der Waals surface area (Å²) in [7, 11) is 0. The molecule has 0 saturated carbocycles. The summed E-state index contributed by atoms with van der Waals surface area (Å²) in [6, 6.07) is 10.2. The molecule has 1 fully saturated rings. The van der Waals surface area contributed by atoms with Crippen LogP contribution in [0.3, 0.4) is 0 Å². The number of nitrogens with one attached hydrogen (secondary N) is 1. The van der Waals surface area contributed by atoms with Gasteiger partial charge >= 0.3 is 0 Å². The largest absolute Gasteiger partial charge is 0.356 e. The van der Waals surface area contributed by atoms with Crippen molar-refractivity contribution in [3.63, 3.8) is 0 Å². The van der Waals surface area contributed by atoms with Crippen LogP contribution in [-0.2, 0) is 16.1 Å². The van der Waals surface area contributed by atoms with Gasteiger partial charge in [0.1, 0.15) is 5.82 Å². The van der Waals surface area contributed by atoms with Crippen molar-refractivity contribution in [3.05, 3.63) is 41.7 Å². The quantitative estimate of drug-likeness (QED) is 0.450. The number of amides is 2. The van der Waals surface area contributed by atoms with Crippen LogP contribution in [0.5, 0.6) is 0 Å². The fourth-order valence-electron chi connectivity index (χ4n) is 3.76. The van der Waals surface area contributed by atoms with Crippen LogP contribution in [-0.4, -0.2) is 56.9 Å². The van der Waals surface area contributed by atoms with Crippen molar-refractivity contribution in [2.24, 2.45) is 5.92 Å². The van der Waals surface area contributed by atoms with Gasteiger partial charge < -0.3 is 14.8 Å². The molecule has 2 amide bonds. The first kappa shape index (κ1) is 23.3. The summed E-state index contributed by atoms with van der Waals surface area (Å²) in [6.45, 7) is 6.81. The van der Waals surface area contributed by atoms with E-state index in [1.54, 1.807) is 0 Å². The van der Waals surface area contributed by atoms with Gasteiger partial charge in [0, 0.05) is 25.6 Å². The number of aryl methyl sites for hydroxylation is 1. The zero-order chi connectivity index (χ0) is 22.1. The van der Waals surface area contributed by atoms with Crippen molar-refractivity contribution < 1.29 is 9.59 Å². The van der Waals surface area contributed by atoms with E-state index in [9.17, 15) is 9.59 Å². The highest BCUT2D eigenvalue weighted by atomic mass is 32.2. The van der Waals surface area contributed by atoms with Gasteiger partial charge in [-0.05, 0) is 31.7 Å². The smallest absolute Gasteiger partial charge is 0.233 e. The zero-order valence-corrected chi connectivity index (χ0v) is 19.4. The lowest BCUT2D eigenvalue weighted by Crippen LogP contribution is -2.43. The Labute approximate surface area is 189 Å². The van der Waals surface area contributed by atoms with Crippen LogP contribution in [0.1, 0.15) is 50.4 Å². The van der Waals surface area contributed by atoms with E-state index in [4.69, 9.17) is 0 Å². The lowest BCUT2D eigenvalue weighted by molar-refractivity contribution is -0.133. The third-order valence-electron chi connectivity index (χ3n) is 5.71. The number of rotatable bonds is 10. The third kappa shape index (κ3) is 6.82. The number of nitrogens with zero attached hydrogens (tertiary/aromatic N) is 4. The van der Waals surface area contributed by atoms with E-state index in [0.29, 0.717) is 25.4 Å². The molecular formula is C23H33N5O2S. The van der Waals surface area contributed by atoms with E-state index in [2.05, 4.69) is 34.6 Å². The molecule has 7 nitrogen and oxygen atoms in total.